The molecule has 1 heterocycles. The minimum absolute atomic E-state index is 0. The van der Waals surface area contributed by atoms with Gasteiger partial charge in [0.1, 0.15) is 10.7 Å². The summed E-state index contributed by atoms with van der Waals surface area (Å²) in [5.41, 5.74) is 0. The van der Waals surface area contributed by atoms with E-state index in [0.29, 0.717) is 26.1 Å². The van der Waals surface area contributed by atoms with Gasteiger partial charge >= 0.3 is 0 Å². The quantitative estimate of drug-likeness (QED) is 0.881. The van der Waals surface area contributed by atoms with E-state index in [4.69, 9.17) is 9.47 Å². The fourth-order valence-electron chi connectivity index (χ4n) is 2.23. The van der Waals surface area contributed by atoms with Gasteiger partial charge in [-0.1, -0.05) is 0 Å². The molecule has 0 unspecified atom stereocenters. The van der Waals surface area contributed by atoms with Crippen molar-refractivity contribution in [1.29, 1.82) is 0 Å². The number of rotatable bonds is 4. The lowest BCUT2D eigenvalue weighted by molar-refractivity contribution is 0.349. The first-order valence-electron chi connectivity index (χ1n) is 6.63. The van der Waals surface area contributed by atoms with Gasteiger partial charge < -0.3 is 14.8 Å². The summed E-state index contributed by atoms with van der Waals surface area (Å²) in [7, 11) is -1.15. The third-order valence-corrected chi connectivity index (χ3v) is 5.27. The van der Waals surface area contributed by atoms with E-state index in [2.05, 4.69) is 5.32 Å². The summed E-state index contributed by atoms with van der Waals surface area (Å²) in [5, 5.41) is 3.11. The number of ether oxygens (including phenoxy) is 2. The Hall–Kier alpha value is -1.09. The standard InChI is InChI=1S/C13H19FN2O4S.ClH/c1-19-11-8-10(14)13(9-12(11)20-2)21(17,18)16-6-3-4-15-5-7-16;/h8-9,15H,3-7H2,1-2H3;1H. The molecular formula is C13H20ClFN2O4S. The summed E-state index contributed by atoms with van der Waals surface area (Å²) in [6.45, 7) is 1.98. The molecule has 1 aliphatic heterocycles. The Kier molecular flexibility index (Phi) is 6.86. The molecule has 1 aromatic rings. The van der Waals surface area contributed by atoms with Crippen LogP contribution in [-0.2, 0) is 10.0 Å². The minimum Gasteiger partial charge on any atom is -0.493 e. The lowest BCUT2D eigenvalue weighted by Crippen LogP contribution is -2.34. The second-order valence-electron chi connectivity index (χ2n) is 4.65. The predicted molar refractivity (Wildman–Crippen MR) is 83.0 cm³/mol. The van der Waals surface area contributed by atoms with Gasteiger partial charge in [-0.2, -0.15) is 4.31 Å². The van der Waals surface area contributed by atoms with E-state index >= 15 is 0 Å². The number of hydrogen-bond donors (Lipinski definition) is 1. The molecule has 1 aliphatic rings. The first-order chi connectivity index (χ1) is 10.0. The molecule has 2 rings (SSSR count). The lowest BCUT2D eigenvalue weighted by atomic mass is 10.3. The van der Waals surface area contributed by atoms with Gasteiger partial charge in [0.15, 0.2) is 11.5 Å². The van der Waals surface area contributed by atoms with Gasteiger partial charge in [0.2, 0.25) is 10.0 Å². The first kappa shape index (κ1) is 19.0. The largest absolute Gasteiger partial charge is 0.493 e. The van der Waals surface area contributed by atoms with Crippen molar-refractivity contribution in [2.75, 3.05) is 40.4 Å². The van der Waals surface area contributed by atoms with Crippen LogP contribution in [0.2, 0.25) is 0 Å². The molecule has 1 saturated heterocycles. The molecule has 22 heavy (non-hydrogen) atoms. The van der Waals surface area contributed by atoms with Gasteiger partial charge in [-0.25, -0.2) is 12.8 Å². The molecule has 1 fully saturated rings. The molecule has 9 heteroatoms. The van der Waals surface area contributed by atoms with Crippen molar-refractivity contribution in [3.8, 4) is 11.5 Å². The fraction of sp³-hybridized carbons (Fsp3) is 0.538. The number of methoxy groups -OCH3 is 2. The van der Waals surface area contributed by atoms with Crippen LogP contribution in [0.15, 0.2) is 17.0 Å². The van der Waals surface area contributed by atoms with Crippen LogP contribution < -0.4 is 14.8 Å². The molecule has 1 N–H and O–H groups in total. The molecule has 0 saturated carbocycles. The zero-order valence-electron chi connectivity index (χ0n) is 12.5. The number of nitrogens with zero attached hydrogens (tertiary/aromatic N) is 1. The highest BCUT2D eigenvalue weighted by Crippen LogP contribution is 2.33. The van der Waals surface area contributed by atoms with E-state index in [0.717, 1.165) is 12.6 Å². The molecule has 1 aromatic carbocycles. The molecule has 0 radical (unpaired) electrons. The summed E-state index contributed by atoms with van der Waals surface area (Å²) in [6, 6.07) is 2.20. The molecule has 0 bridgehead atoms. The van der Waals surface area contributed by atoms with Gasteiger partial charge in [0.05, 0.1) is 14.2 Å². The monoisotopic (exact) mass is 354 g/mol. The third kappa shape index (κ3) is 3.81. The number of sulfonamides is 1. The van der Waals surface area contributed by atoms with Crippen molar-refractivity contribution in [3.63, 3.8) is 0 Å². The SMILES string of the molecule is COc1cc(F)c(S(=O)(=O)N2CCCNCC2)cc1OC.Cl. The van der Waals surface area contributed by atoms with Crippen LogP contribution in [0.3, 0.4) is 0 Å². The van der Waals surface area contributed by atoms with Gasteiger partial charge in [-0.15, -0.1) is 12.4 Å². The molecule has 6 nitrogen and oxygen atoms in total. The predicted octanol–water partition coefficient (Wildman–Crippen LogP) is 1.25. The van der Waals surface area contributed by atoms with Crippen LogP contribution in [0, 0.1) is 5.82 Å². The highest BCUT2D eigenvalue weighted by Gasteiger charge is 2.29. The highest BCUT2D eigenvalue weighted by atomic mass is 35.5. The van der Waals surface area contributed by atoms with Crippen LogP contribution in [-0.4, -0.2) is 53.1 Å². The average molecular weight is 355 g/mol. The van der Waals surface area contributed by atoms with Gasteiger partial charge in [-0.3, -0.25) is 0 Å². The summed E-state index contributed by atoms with van der Waals surface area (Å²) >= 11 is 0. The van der Waals surface area contributed by atoms with Crippen molar-refractivity contribution >= 4 is 22.4 Å². The van der Waals surface area contributed by atoms with Gasteiger partial charge in [0, 0.05) is 31.8 Å². The fourth-order valence-corrected chi connectivity index (χ4v) is 3.77. The van der Waals surface area contributed by atoms with Crippen molar-refractivity contribution in [3.05, 3.63) is 17.9 Å². The summed E-state index contributed by atoms with van der Waals surface area (Å²) in [5.74, 6) is -0.498. The Bertz CT molecular complexity index is 604. The zero-order chi connectivity index (χ0) is 15.5. The number of hydrogen-bond acceptors (Lipinski definition) is 5. The molecule has 0 spiro atoms. The van der Waals surface area contributed by atoms with Crippen LogP contribution in [0.4, 0.5) is 4.39 Å². The summed E-state index contributed by atoms with van der Waals surface area (Å²) in [4.78, 5) is -0.387. The third-order valence-electron chi connectivity index (χ3n) is 3.35. The van der Waals surface area contributed by atoms with Crippen LogP contribution in [0.5, 0.6) is 11.5 Å². The van der Waals surface area contributed by atoms with Gasteiger partial charge in [-0.05, 0) is 13.0 Å². The Morgan fingerprint density at radius 3 is 2.41 bits per heavy atom. The van der Waals surface area contributed by atoms with E-state index in [1.807, 2.05) is 0 Å². The van der Waals surface area contributed by atoms with Gasteiger partial charge in [0.25, 0.3) is 0 Å². The maximum absolute atomic E-state index is 14.1. The second kappa shape index (κ2) is 7.96. The Labute approximate surface area is 136 Å². The molecular weight excluding hydrogens is 335 g/mol. The van der Waals surface area contributed by atoms with E-state index < -0.39 is 15.8 Å². The van der Waals surface area contributed by atoms with Crippen LogP contribution >= 0.6 is 12.4 Å². The molecule has 0 aromatic heterocycles. The highest BCUT2D eigenvalue weighted by molar-refractivity contribution is 7.89. The number of halogens is 2. The lowest BCUT2D eigenvalue weighted by Gasteiger charge is -2.20. The Morgan fingerprint density at radius 1 is 1.14 bits per heavy atom. The Balaban J connectivity index is 0.00000242. The van der Waals surface area contributed by atoms with Crippen molar-refractivity contribution in [2.24, 2.45) is 0 Å². The molecule has 0 atom stereocenters. The summed E-state index contributed by atoms with van der Waals surface area (Å²) < 4.78 is 50.6. The zero-order valence-corrected chi connectivity index (χ0v) is 14.1. The minimum atomic E-state index is -3.89. The van der Waals surface area contributed by atoms with Crippen molar-refractivity contribution < 1.29 is 22.3 Å². The van der Waals surface area contributed by atoms with E-state index in [1.54, 1.807) is 0 Å². The van der Waals surface area contributed by atoms with E-state index in [9.17, 15) is 12.8 Å². The maximum Gasteiger partial charge on any atom is 0.246 e. The van der Waals surface area contributed by atoms with Crippen molar-refractivity contribution in [1.82, 2.24) is 9.62 Å². The topological polar surface area (TPSA) is 67.9 Å². The van der Waals surface area contributed by atoms with Crippen molar-refractivity contribution in [2.45, 2.75) is 11.3 Å². The first-order valence-corrected chi connectivity index (χ1v) is 8.07. The smallest absolute Gasteiger partial charge is 0.246 e. The van der Waals surface area contributed by atoms with E-state index in [1.165, 1.54) is 24.6 Å². The second-order valence-corrected chi connectivity index (χ2v) is 6.55. The normalized spacial score (nSPS) is 16.5. The average Bonchev–Trinajstić information content (AvgIpc) is 2.76. The molecule has 0 aliphatic carbocycles. The van der Waals surface area contributed by atoms with E-state index in [-0.39, 0.29) is 28.8 Å². The van der Waals surface area contributed by atoms with Crippen LogP contribution in [0.25, 0.3) is 0 Å². The number of nitrogens with one attached hydrogen (secondary N) is 1. The summed E-state index contributed by atoms with van der Waals surface area (Å²) in [6.07, 6.45) is 0.689. The Morgan fingerprint density at radius 2 is 1.77 bits per heavy atom. The molecule has 0 amide bonds. The maximum atomic E-state index is 14.1. The molecule has 126 valence electrons. The number of benzene rings is 1. The van der Waals surface area contributed by atoms with Crippen LogP contribution in [0.1, 0.15) is 6.42 Å².